The van der Waals surface area contributed by atoms with E-state index in [4.69, 9.17) is 4.74 Å². The van der Waals surface area contributed by atoms with Gasteiger partial charge in [-0.3, -0.25) is 9.59 Å². The number of rotatable bonds is 7. The Balaban J connectivity index is 1.62. The molecule has 2 amide bonds. The molecule has 7 nitrogen and oxygen atoms in total. The Morgan fingerprint density at radius 1 is 1.11 bits per heavy atom. The molecule has 0 radical (unpaired) electrons. The lowest BCUT2D eigenvalue weighted by Gasteiger charge is -2.08. The monoisotopic (exact) mass is 400 g/mol. The van der Waals surface area contributed by atoms with Crippen LogP contribution >= 0.6 is 11.3 Å². The second-order valence-electron chi connectivity index (χ2n) is 5.78. The lowest BCUT2D eigenvalue weighted by atomic mass is 10.1. The van der Waals surface area contributed by atoms with Crippen molar-refractivity contribution in [3.63, 3.8) is 0 Å². The van der Waals surface area contributed by atoms with E-state index in [2.05, 4.69) is 20.8 Å². The molecule has 3 rings (SSSR count). The maximum atomic E-state index is 13.2. The molecule has 0 saturated heterocycles. The maximum absolute atomic E-state index is 13.2. The van der Waals surface area contributed by atoms with Gasteiger partial charge in [-0.2, -0.15) is 0 Å². The van der Waals surface area contributed by atoms with Crippen molar-refractivity contribution in [2.24, 2.45) is 0 Å². The first-order valence-electron chi connectivity index (χ1n) is 8.30. The van der Waals surface area contributed by atoms with Crippen LogP contribution < -0.4 is 10.6 Å². The van der Waals surface area contributed by atoms with E-state index in [-0.39, 0.29) is 29.9 Å². The summed E-state index contributed by atoms with van der Waals surface area (Å²) in [6.45, 7) is 0.478. The fourth-order valence-electron chi connectivity index (χ4n) is 2.38. The molecular weight excluding hydrogens is 383 g/mol. The molecule has 2 N–H and O–H groups in total. The van der Waals surface area contributed by atoms with E-state index in [1.165, 1.54) is 19.2 Å². The number of nitrogens with one attached hydrogen (secondary N) is 2. The topological polar surface area (TPSA) is 93.2 Å². The van der Waals surface area contributed by atoms with Crippen molar-refractivity contribution in [2.45, 2.75) is 13.2 Å². The second-order valence-corrected chi connectivity index (χ2v) is 6.84. The number of amides is 2. The lowest BCUT2D eigenvalue weighted by molar-refractivity contribution is 0.0949. The molecule has 0 bridgehead atoms. The molecule has 0 spiro atoms. The largest absolute Gasteiger partial charge is 0.377 e. The second kappa shape index (κ2) is 9.16. The van der Waals surface area contributed by atoms with Gasteiger partial charge >= 0.3 is 0 Å². The summed E-state index contributed by atoms with van der Waals surface area (Å²) >= 11 is 1.13. The van der Waals surface area contributed by atoms with Crippen LogP contribution in [0.4, 0.5) is 10.1 Å². The number of benzene rings is 2. The summed E-state index contributed by atoms with van der Waals surface area (Å²) in [5, 5.41) is 13.9. The Kier molecular flexibility index (Phi) is 6.41. The van der Waals surface area contributed by atoms with Crippen molar-refractivity contribution in [2.75, 3.05) is 12.4 Å². The molecule has 2 aromatic carbocycles. The molecule has 9 heteroatoms. The SMILES string of the molecule is COCc1nnc(C(=O)Nc2cccc(C(=O)NCc3cccc(F)c3)c2)s1. The standard InChI is InChI=1S/C19H17FN4O3S/c1-27-11-16-23-24-19(28-16)18(26)22-15-7-3-5-13(9-15)17(25)21-10-12-4-2-6-14(20)8-12/h2-9H,10-11H2,1H3,(H,21,25)(H,22,26). The highest BCUT2D eigenvalue weighted by molar-refractivity contribution is 7.13. The van der Waals surface area contributed by atoms with Gasteiger partial charge in [0.05, 0.1) is 6.61 Å². The Labute approximate surface area is 164 Å². The van der Waals surface area contributed by atoms with Crippen LogP contribution in [0.25, 0.3) is 0 Å². The Hall–Kier alpha value is -3.17. The van der Waals surface area contributed by atoms with Crippen molar-refractivity contribution in [1.82, 2.24) is 15.5 Å². The van der Waals surface area contributed by atoms with Crippen molar-refractivity contribution in [1.29, 1.82) is 0 Å². The molecule has 0 fully saturated rings. The average Bonchev–Trinajstić information content (AvgIpc) is 3.15. The predicted octanol–water partition coefficient (Wildman–Crippen LogP) is 3.01. The number of hydrogen-bond acceptors (Lipinski definition) is 6. The fourth-order valence-corrected chi connectivity index (χ4v) is 3.09. The van der Waals surface area contributed by atoms with Crippen molar-refractivity contribution in [3.05, 3.63) is 75.5 Å². The number of aromatic nitrogens is 2. The number of ether oxygens (including phenoxy) is 1. The first kappa shape index (κ1) is 19.6. The van der Waals surface area contributed by atoms with Gasteiger partial charge in [-0.05, 0) is 35.9 Å². The zero-order valence-corrected chi connectivity index (χ0v) is 15.8. The maximum Gasteiger partial charge on any atom is 0.286 e. The quantitative estimate of drug-likeness (QED) is 0.636. The van der Waals surface area contributed by atoms with Crippen molar-refractivity contribution in [3.8, 4) is 0 Å². The third kappa shape index (κ3) is 5.18. The normalized spacial score (nSPS) is 10.5. The minimum absolute atomic E-state index is 0.195. The minimum atomic E-state index is -0.419. The molecule has 0 aliphatic heterocycles. The lowest BCUT2D eigenvalue weighted by Crippen LogP contribution is -2.23. The van der Waals surface area contributed by atoms with E-state index in [1.54, 1.807) is 36.4 Å². The number of halogens is 1. The van der Waals surface area contributed by atoms with Crippen LogP contribution in [0.3, 0.4) is 0 Å². The highest BCUT2D eigenvalue weighted by Crippen LogP contribution is 2.15. The van der Waals surface area contributed by atoms with Crippen LogP contribution in [0.2, 0.25) is 0 Å². The van der Waals surface area contributed by atoms with Gasteiger partial charge in [0.2, 0.25) is 5.01 Å². The van der Waals surface area contributed by atoms with Gasteiger partial charge in [-0.25, -0.2) is 4.39 Å². The number of carbonyl (C=O) groups excluding carboxylic acids is 2. The molecule has 0 saturated carbocycles. The Morgan fingerprint density at radius 2 is 1.93 bits per heavy atom. The van der Waals surface area contributed by atoms with Crippen LogP contribution in [0, 0.1) is 5.82 Å². The third-order valence-electron chi connectivity index (χ3n) is 3.65. The molecule has 3 aromatic rings. The summed E-state index contributed by atoms with van der Waals surface area (Å²) in [5.41, 5.74) is 1.47. The van der Waals surface area contributed by atoms with E-state index in [0.717, 1.165) is 11.3 Å². The van der Waals surface area contributed by atoms with E-state index < -0.39 is 5.91 Å². The third-order valence-corrected chi connectivity index (χ3v) is 4.55. The summed E-state index contributed by atoms with van der Waals surface area (Å²) in [5.74, 6) is -1.11. The van der Waals surface area contributed by atoms with Crippen LogP contribution in [0.1, 0.15) is 30.7 Å². The van der Waals surface area contributed by atoms with Crippen LogP contribution in [-0.2, 0) is 17.9 Å². The van der Waals surface area contributed by atoms with Gasteiger partial charge in [-0.15, -0.1) is 10.2 Å². The first-order chi connectivity index (χ1) is 13.5. The molecule has 0 unspecified atom stereocenters. The van der Waals surface area contributed by atoms with Gasteiger partial charge in [-0.1, -0.05) is 29.5 Å². The summed E-state index contributed by atoms with van der Waals surface area (Å²) < 4.78 is 18.2. The van der Waals surface area contributed by atoms with Crippen LogP contribution in [0.15, 0.2) is 48.5 Å². The van der Waals surface area contributed by atoms with Gasteiger partial charge in [0.15, 0.2) is 0 Å². The van der Waals surface area contributed by atoms with Gasteiger partial charge in [0.1, 0.15) is 10.8 Å². The van der Waals surface area contributed by atoms with Crippen molar-refractivity contribution < 1.29 is 18.7 Å². The smallest absolute Gasteiger partial charge is 0.286 e. The molecule has 1 heterocycles. The molecular formula is C19H17FN4O3S. The van der Waals surface area contributed by atoms with E-state index in [0.29, 0.717) is 21.8 Å². The van der Waals surface area contributed by atoms with Gasteiger partial charge in [0.25, 0.3) is 11.8 Å². The number of hydrogen-bond donors (Lipinski definition) is 2. The predicted molar refractivity (Wildman–Crippen MR) is 103 cm³/mol. The highest BCUT2D eigenvalue weighted by atomic mass is 32.1. The van der Waals surface area contributed by atoms with Gasteiger partial charge in [0, 0.05) is 24.9 Å². The number of nitrogens with zero attached hydrogens (tertiary/aromatic N) is 2. The Bertz CT molecular complexity index is 993. The molecule has 0 atom stereocenters. The molecule has 1 aromatic heterocycles. The zero-order chi connectivity index (χ0) is 19.9. The van der Waals surface area contributed by atoms with Crippen LogP contribution in [0.5, 0.6) is 0 Å². The van der Waals surface area contributed by atoms with E-state index in [1.807, 2.05) is 0 Å². The average molecular weight is 400 g/mol. The summed E-state index contributed by atoms with van der Waals surface area (Å²) in [6, 6.07) is 12.5. The van der Waals surface area contributed by atoms with Gasteiger partial charge < -0.3 is 15.4 Å². The first-order valence-corrected chi connectivity index (χ1v) is 9.12. The number of anilines is 1. The number of methoxy groups -OCH3 is 1. The fraction of sp³-hybridized carbons (Fsp3) is 0.158. The van der Waals surface area contributed by atoms with Crippen LogP contribution in [-0.4, -0.2) is 29.1 Å². The molecule has 0 aliphatic carbocycles. The highest BCUT2D eigenvalue weighted by Gasteiger charge is 2.14. The summed E-state index contributed by atoms with van der Waals surface area (Å²) in [7, 11) is 1.53. The Morgan fingerprint density at radius 3 is 2.71 bits per heavy atom. The number of carbonyl (C=O) groups is 2. The zero-order valence-electron chi connectivity index (χ0n) is 14.9. The minimum Gasteiger partial charge on any atom is -0.377 e. The summed E-state index contributed by atoms with van der Waals surface area (Å²) in [6.07, 6.45) is 0. The van der Waals surface area contributed by atoms with E-state index in [9.17, 15) is 14.0 Å². The summed E-state index contributed by atoms with van der Waals surface area (Å²) in [4.78, 5) is 24.6. The molecule has 144 valence electrons. The van der Waals surface area contributed by atoms with Crippen molar-refractivity contribution >= 4 is 28.8 Å². The molecule has 0 aliphatic rings. The molecule has 28 heavy (non-hydrogen) atoms. The van der Waals surface area contributed by atoms with E-state index >= 15 is 0 Å².